The minimum atomic E-state index is -0.541. The first kappa shape index (κ1) is 38.4. The SMILES string of the molecule is CC(C)CCNC1CCc2cc(Oc3ccncc3C(N)=O)ccc2C1.CC(C)CCNC1CCc2ccc(Oc3ccncc3C(N)=O)cc2C1. The maximum atomic E-state index is 11.5. The molecule has 10 heteroatoms. The van der Waals surface area contributed by atoms with Gasteiger partial charge in [0.15, 0.2) is 0 Å². The van der Waals surface area contributed by atoms with Crippen LogP contribution in [-0.4, -0.2) is 47.0 Å². The number of nitrogens with one attached hydrogen (secondary N) is 2. The molecule has 10 nitrogen and oxygen atoms in total. The summed E-state index contributed by atoms with van der Waals surface area (Å²) in [5.74, 6) is 2.70. The minimum absolute atomic E-state index is 0.290. The summed E-state index contributed by atoms with van der Waals surface area (Å²) in [4.78, 5) is 30.9. The first-order valence-electron chi connectivity index (χ1n) is 18.6. The predicted octanol–water partition coefficient (Wildman–Crippen LogP) is 6.93. The maximum absolute atomic E-state index is 11.5. The Morgan fingerprint density at radius 2 is 1.13 bits per heavy atom. The van der Waals surface area contributed by atoms with Gasteiger partial charge in [0.1, 0.15) is 34.1 Å². The lowest BCUT2D eigenvalue weighted by Gasteiger charge is -2.26. The van der Waals surface area contributed by atoms with Crippen LogP contribution in [0.2, 0.25) is 0 Å². The van der Waals surface area contributed by atoms with Gasteiger partial charge in [-0.3, -0.25) is 19.6 Å². The zero-order chi connectivity index (χ0) is 37.0. The smallest absolute Gasteiger partial charge is 0.254 e. The van der Waals surface area contributed by atoms with Gasteiger partial charge in [-0.05, 0) is 135 Å². The standard InChI is InChI=1S/2C21H27N3O2/c1-14(2)7-10-24-17-5-3-16-12-18(6-4-15(16)11-17)26-20-8-9-23-13-19(20)21(22)25;1-14(2)7-10-24-17-5-3-15-4-6-18(12-16(15)11-17)26-20-8-9-23-13-19(20)21(22)25/h2*4,6,8-9,12-14,17,24H,3,5,7,10-11H2,1-2H3,(H2,22,25). The van der Waals surface area contributed by atoms with Crippen LogP contribution in [-0.2, 0) is 25.7 Å². The Bertz CT molecular complexity index is 1810. The number of aryl methyl sites for hydroxylation is 2. The van der Waals surface area contributed by atoms with Gasteiger partial charge in [-0.15, -0.1) is 0 Å². The molecule has 0 saturated heterocycles. The van der Waals surface area contributed by atoms with Crippen molar-refractivity contribution in [2.75, 3.05) is 13.1 Å². The van der Waals surface area contributed by atoms with Gasteiger partial charge >= 0.3 is 0 Å². The number of hydrogen-bond acceptors (Lipinski definition) is 8. The molecule has 6 N–H and O–H groups in total. The molecule has 0 fully saturated rings. The van der Waals surface area contributed by atoms with E-state index in [0.717, 1.165) is 68.5 Å². The largest absolute Gasteiger partial charge is 0.456 e. The van der Waals surface area contributed by atoms with Crippen molar-refractivity contribution in [1.82, 2.24) is 20.6 Å². The van der Waals surface area contributed by atoms with Crippen molar-refractivity contribution in [1.29, 1.82) is 0 Å². The zero-order valence-corrected chi connectivity index (χ0v) is 31.0. The number of fused-ring (bicyclic) bond motifs is 2. The van der Waals surface area contributed by atoms with E-state index in [1.54, 1.807) is 24.5 Å². The van der Waals surface area contributed by atoms with Crippen LogP contribution in [0.3, 0.4) is 0 Å². The Kier molecular flexibility index (Phi) is 13.8. The number of amides is 2. The summed E-state index contributed by atoms with van der Waals surface area (Å²) in [6.07, 6.45) is 14.9. The highest BCUT2D eigenvalue weighted by Crippen LogP contribution is 2.31. The fourth-order valence-electron chi connectivity index (χ4n) is 6.66. The van der Waals surface area contributed by atoms with Gasteiger partial charge in [0, 0.05) is 36.9 Å². The lowest BCUT2D eigenvalue weighted by atomic mass is 9.88. The average Bonchev–Trinajstić information content (AvgIpc) is 3.12. The van der Waals surface area contributed by atoms with E-state index < -0.39 is 11.8 Å². The molecular formula is C42H54N6O4. The van der Waals surface area contributed by atoms with Crippen LogP contribution in [0.25, 0.3) is 0 Å². The molecule has 4 aromatic rings. The topological polar surface area (TPSA) is 154 Å². The third kappa shape index (κ3) is 11.1. The van der Waals surface area contributed by atoms with E-state index >= 15 is 0 Å². The molecule has 276 valence electrons. The highest BCUT2D eigenvalue weighted by atomic mass is 16.5. The highest BCUT2D eigenvalue weighted by molar-refractivity contribution is 5.95. The van der Waals surface area contributed by atoms with E-state index in [0.29, 0.717) is 34.7 Å². The second-order valence-corrected chi connectivity index (χ2v) is 14.7. The van der Waals surface area contributed by atoms with Crippen LogP contribution in [0.5, 0.6) is 23.0 Å². The molecule has 2 amide bonds. The third-order valence-electron chi connectivity index (χ3n) is 9.67. The molecule has 52 heavy (non-hydrogen) atoms. The lowest BCUT2D eigenvalue weighted by molar-refractivity contribution is 0.0989. The van der Waals surface area contributed by atoms with Gasteiger partial charge in [0.25, 0.3) is 11.8 Å². The number of pyridine rings is 2. The quantitative estimate of drug-likeness (QED) is 0.110. The van der Waals surface area contributed by atoms with Gasteiger partial charge in [-0.2, -0.15) is 0 Å². The molecular weight excluding hydrogens is 652 g/mol. The van der Waals surface area contributed by atoms with Crippen molar-refractivity contribution < 1.29 is 19.1 Å². The third-order valence-corrected chi connectivity index (χ3v) is 9.67. The summed E-state index contributed by atoms with van der Waals surface area (Å²) in [5, 5.41) is 7.36. The number of aromatic nitrogens is 2. The molecule has 0 bridgehead atoms. The Morgan fingerprint density at radius 3 is 1.63 bits per heavy atom. The molecule has 2 aromatic heterocycles. The number of rotatable bonds is 14. The molecule has 0 radical (unpaired) electrons. The fourth-order valence-corrected chi connectivity index (χ4v) is 6.66. The Hall–Kier alpha value is -4.80. The molecule has 2 aromatic carbocycles. The average molecular weight is 707 g/mol. The number of carbonyl (C=O) groups excluding carboxylic acids is 2. The summed E-state index contributed by atoms with van der Waals surface area (Å²) in [6.45, 7) is 11.2. The molecule has 0 saturated carbocycles. The fraction of sp³-hybridized carbons (Fsp3) is 0.429. The van der Waals surface area contributed by atoms with Crippen LogP contribution >= 0.6 is 0 Å². The summed E-state index contributed by atoms with van der Waals surface area (Å²) in [6, 6.07) is 16.7. The van der Waals surface area contributed by atoms with E-state index in [9.17, 15) is 9.59 Å². The summed E-state index contributed by atoms with van der Waals surface area (Å²) in [5.41, 5.74) is 16.7. The van der Waals surface area contributed by atoms with Crippen molar-refractivity contribution in [2.24, 2.45) is 23.3 Å². The van der Waals surface area contributed by atoms with Crippen LogP contribution < -0.4 is 31.6 Å². The molecule has 2 aliphatic rings. The van der Waals surface area contributed by atoms with Crippen molar-refractivity contribution >= 4 is 11.8 Å². The number of nitrogens with two attached hydrogens (primary N) is 2. The van der Waals surface area contributed by atoms with Gasteiger partial charge in [0.05, 0.1) is 0 Å². The van der Waals surface area contributed by atoms with Gasteiger partial charge in [0.2, 0.25) is 0 Å². The molecule has 2 atom stereocenters. The van der Waals surface area contributed by atoms with E-state index in [1.807, 2.05) is 12.1 Å². The van der Waals surface area contributed by atoms with E-state index in [4.69, 9.17) is 20.9 Å². The van der Waals surface area contributed by atoms with E-state index in [-0.39, 0.29) is 0 Å². The van der Waals surface area contributed by atoms with Crippen LogP contribution in [0.1, 0.15) is 96.3 Å². The number of carbonyl (C=O) groups is 2. The number of hydrogen-bond donors (Lipinski definition) is 4. The number of primary amides is 2. The molecule has 0 spiro atoms. The summed E-state index contributed by atoms with van der Waals surface area (Å²) < 4.78 is 11.8. The second-order valence-electron chi connectivity index (χ2n) is 14.7. The Morgan fingerprint density at radius 1 is 0.673 bits per heavy atom. The van der Waals surface area contributed by atoms with Crippen LogP contribution in [0, 0.1) is 11.8 Å². The lowest BCUT2D eigenvalue weighted by Crippen LogP contribution is -2.35. The molecule has 0 aliphatic heterocycles. The molecule has 2 unspecified atom stereocenters. The monoisotopic (exact) mass is 706 g/mol. The summed E-state index contributed by atoms with van der Waals surface area (Å²) in [7, 11) is 0. The number of nitrogens with zero attached hydrogens (tertiary/aromatic N) is 2. The van der Waals surface area contributed by atoms with Crippen LogP contribution in [0.4, 0.5) is 0 Å². The predicted molar refractivity (Wildman–Crippen MR) is 205 cm³/mol. The van der Waals surface area contributed by atoms with E-state index in [1.165, 1.54) is 53.9 Å². The first-order valence-corrected chi connectivity index (χ1v) is 18.6. The number of benzene rings is 2. The molecule has 2 heterocycles. The van der Waals surface area contributed by atoms with Crippen molar-refractivity contribution in [3.05, 3.63) is 107 Å². The van der Waals surface area contributed by atoms with Crippen LogP contribution in [0.15, 0.2) is 73.3 Å². The van der Waals surface area contributed by atoms with Gasteiger partial charge in [-0.1, -0.05) is 39.8 Å². The van der Waals surface area contributed by atoms with Gasteiger partial charge < -0.3 is 31.6 Å². The minimum Gasteiger partial charge on any atom is -0.456 e. The van der Waals surface area contributed by atoms with Gasteiger partial charge in [-0.25, -0.2) is 0 Å². The normalized spacial score (nSPS) is 16.3. The first-order chi connectivity index (χ1) is 25.0. The Balaban J connectivity index is 0.000000201. The maximum Gasteiger partial charge on any atom is 0.254 e. The molecule has 6 rings (SSSR count). The number of ether oxygens (including phenoxy) is 2. The second kappa shape index (κ2) is 18.6. The van der Waals surface area contributed by atoms with Crippen molar-refractivity contribution in [2.45, 2.75) is 91.1 Å². The van der Waals surface area contributed by atoms with E-state index in [2.05, 4.69) is 72.6 Å². The highest BCUT2D eigenvalue weighted by Gasteiger charge is 2.21. The summed E-state index contributed by atoms with van der Waals surface area (Å²) >= 11 is 0. The Labute approximate surface area is 308 Å². The zero-order valence-electron chi connectivity index (χ0n) is 31.0. The van der Waals surface area contributed by atoms with Crippen molar-refractivity contribution in [3.63, 3.8) is 0 Å². The molecule has 2 aliphatic carbocycles. The van der Waals surface area contributed by atoms with Crippen molar-refractivity contribution in [3.8, 4) is 23.0 Å².